The van der Waals surface area contributed by atoms with Gasteiger partial charge in [0.15, 0.2) is 0 Å². The van der Waals surface area contributed by atoms with Crippen molar-refractivity contribution in [1.82, 2.24) is 4.90 Å². The van der Waals surface area contributed by atoms with Crippen LogP contribution in [0.3, 0.4) is 0 Å². The van der Waals surface area contributed by atoms with Gasteiger partial charge in [0.2, 0.25) is 0 Å². The Labute approximate surface area is 94.4 Å². The first-order valence-electron chi connectivity index (χ1n) is 5.24. The van der Waals surface area contributed by atoms with Crippen molar-refractivity contribution in [2.45, 2.75) is 19.8 Å². The van der Waals surface area contributed by atoms with Gasteiger partial charge in [0.05, 0.1) is 5.41 Å². The summed E-state index contributed by atoms with van der Waals surface area (Å²) in [6.45, 7) is 5.67. The molecule has 0 aromatic heterocycles. The Balaban J connectivity index is 2.89. The van der Waals surface area contributed by atoms with Gasteiger partial charge in [-0.25, -0.2) is 4.79 Å². The van der Waals surface area contributed by atoms with Crippen LogP contribution in [0.25, 0.3) is 0 Å². The first-order chi connectivity index (χ1) is 7.41. The van der Waals surface area contributed by atoms with Gasteiger partial charge in [-0.1, -0.05) is 6.08 Å². The summed E-state index contributed by atoms with van der Waals surface area (Å²) in [7, 11) is 0. The van der Waals surface area contributed by atoms with E-state index in [9.17, 15) is 14.7 Å². The number of allylic oxidation sites excluding steroid dienone is 1. The largest absolute Gasteiger partial charge is 0.481 e. The van der Waals surface area contributed by atoms with Gasteiger partial charge < -0.3 is 15.1 Å². The summed E-state index contributed by atoms with van der Waals surface area (Å²) in [4.78, 5) is 23.3. The average molecular weight is 227 g/mol. The van der Waals surface area contributed by atoms with Gasteiger partial charge in [0.1, 0.15) is 0 Å². The molecular weight excluding hydrogens is 210 g/mol. The number of aliphatic carboxylic acids is 1. The molecular formula is C11H17NO4. The van der Waals surface area contributed by atoms with Crippen LogP contribution in [0.1, 0.15) is 19.8 Å². The molecule has 5 heteroatoms. The SMILES string of the molecule is C=CCC1CCN(C(=O)O)CC1(C)C(=O)O. The number of rotatable bonds is 3. The molecule has 1 aliphatic rings. The van der Waals surface area contributed by atoms with E-state index in [1.54, 1.807) is 13.0 Å². The lowest BCUT2D eigenvalue weighted by Gasteiger charge is -2.42. The molecule has 0 radical (unpaired) electrons. The van der Waals surface area contributed by atoms with Crippen molar-refractivity contribution in [1.29, 1.82) is 0 Å². The minimum Gasteiger partial charge on any atom is -0.481 e. The Hall–Kier alpha value is -1.52. The maximum Gasteiger partial charge on any atom is 0.407 e. The molecule has 1 amide bonds. The first-order valence-corrected chi connectivity index (χ1v) is 5.24. The number of amides is 1. The zero-order chi connectivity index (χ0) is 12.3. The van der Waals surface area contributed by atoms with Crippen LogP contribution in [0, 0.1) is 11.3 Å². The fraction of sp³-hybridized carbons (Fsp3) is 0.636. The minimum atomic E-state index is -1.05. The van der Waals surface area contributed by atoms with Gasteiger partial charge >= 0.3 is 12.1 Å². The number of likely N-dealkylation sites (tertiary alicyclic amines) is 1. The summed E-state index contributed by atoms with van der Waals surface area (Å²) >= 11 is 0. The van der Waals surface area contributed by atoms with Crippen molar-refractivity contribution in [3.63, 3.8) is 0 Å². The Morgan fingerprint density at radius 3 is 2.62 bits per heavy atom. The van der Waals surface area contributed by atoms with E-state index < -0.39 is 17.5 Å². The van der Waals surface area contributed by atoms with Gasteiger partial charge in [0.25, 0.3) is 0 Å². The number of piperidine rings is 1. The lowest BCUT2D eigenvalue weighted by molar-refractivity contribution is -0.154. The van der Waals surface area contributed by atoms with Crippen LogP contribution < -0.4 is 0 Å². The van der Waals surface area contributed by atoms with Gasteiger partial charge in [-0.2, -0.15) is 0 Å². The van der Waals surface area contributed by atoms with E-state index in [1.165, 1.54) is 4.90 Å². The van der Waals surface area contributed by atoms with Crippen LogP contribution in [-0.4, -0.2) is 40.3 Å². The van der Waals surface area contributed by atoms with Crippen LogP contribution >= 0.6 is 0 Å². The van der Waals surface area contributed by atoms with E-state index in [0.717, 1.165) is 0 Å². The molecule has 0 aromatic carbocycles. The smallest absolute Gasteiger partial charge is 0.407 e. The topological polar surface area (TPSA) is 77.8 Å². The highest BCUT2D eigenvalue weighted by atomic mass is 16.4. The standard InChI is InChI=1S/C11H17NO4/c1-3-4-8-5-6-12(10(15)16)7-11(8,2)9(13)14/h3,8H,1,4-7H2,2H3,(H,13,14)(H,15,16). The van der Waals surface area contributed by atoms with Gasteiger partial charge in [-0.3, -0.25) is 4.79 Å². The van der Waals surface area contributed by atoms with Gasteiger partial charge in [-0.05, 0) is 25.7 Å². The third kappa shape index (κ3) is 2.18. The van der Waals surface area contributed by atoms with Crippen LogP contribution in [0.15, 0.2) is 12.7 Å². The molecule has 1 fully saturated rings. The molecule has 0 bridgehead atoms. The molecule has 2 N–H and O–H groups in total. The molecule has 1 saturated heterocycles. The number of carboxylic acids is 1. The summed E-state index contributed by atoms with van der Waals surface area (Å²) in [5.41, 5.74) is -1.01. The Morgan fingerprint density at radius 2 is 2.19 bits per heavy atom. The van der Waals surface area contributed by atoms with Crippen molar-refractivity contribution in [3.8, 4) is 0 Å². The van der Waals surface area contributed by atoms with E-state index in [2.05, 4.69) is 6.58 Å². The van der Waals surface area contributed by atoms with Crippen LogP contribution in [0.2, 0.25) is 0 Å². The number of carbonyl (C=O) groups is 2. The highest BCUT2D eigenvalue weighted by molar-refractivity contribution is 5.76. The average Bonchev–Trinajstić information content (AvgIpc) is 2.21. The monoisotopic (exact) mass is 227 g/mol. The van der Waals surface area contributed by atoms with Crippen molar-refractivity contribution >= 4 is 12.1 Å². The Bertz CT molecular complexity index is 315. The molecule has 5 nitrogen and oxygen atoms in total. The van der Waals surface area contributed by atoms with Gasteiger partial charge in [-0.15, -0.1) is 6.58 Å². The number of hydrogen-bond donors (Lipinski definition) is 2. The number of nitrogens with zero attached hydrogens (tertiary/aromatic N) is 1. The van der Waals surface area contributed by atoms with Gasteiger partial charge in [0, 0.05) is 13.1 Å². The third-order valence-corrected chi connectivity index (χ3v) is 3.38. The van der Waals surface area contributed by atoms with E-state index in [4.69, 9.17) is 5.11 Å². The lowest BCUT2D eigenvalue weighted by atomic mass is 9.71. The molecule has 1 rings (SSSR count). The van der Waals surface area contributed by atoms with Crippen molar-refractivity contribution in [2.75, 3.05) is 13.1 Å². The van der Waals surface area contributed by atoms with Crippen molar-refractivity contribution in [3.05, 3.63) is 12.7 Å². The third-order valence-electron chi connectivity index (χ3n) is 3.38. The quantitative estimate of drug-likeness (QED) is 0.719. The molecule has 16 heavy (non-hydrogen) atoms. The second-order valence-electron chi connectivity index (χ2n) is 4.44. The number of hydrogen-bond acceptors (Lipinski definition) is 2. The molecule has 1 heterocycles. The minimum absolute atomic E-state index is 0.0434. The summed E-state index contributed by atoms with van der Waals surface area (Å²) in [5.74, 6) is -0.983. The molecule has 1 aliphatic heterocycles. The predicted molar refractivity (Wildman–Crippen MR) is 58.3 cm³/mol. The zero-order valence-electron chi connectivity index (χ0n) is 9.35. The molecule has 0 saturated carbocycles. The highest BCUT2D eigenvalue weighted by Gasteiger charge is 2.46. The highest BCUT2D eigenvalue weighted by Crippen LogP contribution is 2.38. The van der Waals surface area contributed by atoms with Crippen molar-refractivity contribution < 1.29 is 19.8 Å². The van der Waals surface area contributed by atoms with E-state index in [-0.39, 0.29) is 12.5 Å². The second kappa shape index (κ2) is 4.55. The number of carboxylic acid groups (broad SMARTS) is 2. The normalized spacial score (nSPS) is 29.8. The van der Waals surface area contributed by atoms with E-state index in [1.807, 2.05) is 0 Å². The molecule has 0 aliphatic carbocycles. The molecule has 2 atom stereocenters. The van der Waals surface area contributed by atoms with Crippen LogP contribution in [-0.2, 0) is 4.79 Å². The summed E-state index contributed by atoms with van der Waals surface area (Å²) in [6, 6.07) is 0. The van der Waals surface area contributed by atoms with Crippen molar-refractivity contribution in [2.24, 2.45) is 11.3 Å². The van der Waals surface area contributed by atoms with E-state index in [0.29, 0.717) is 19.4 Å². The second-order valence-corrected chi connectivity index (χ2v) is 4.44. The van der Waals surface area contributed by atoms with Crippen LogP contribution in [0.5, 0.6) is 0 Å². The summed E-state index contributed by atoms with van der Waals surface area (Å²) in [5, 5.41) is 18.1. The summed E-state index contributed by atoms with van der Waals surface area (Å²) < 4.78 is 0. The molecule has 2 unspecified atom stereocenters. The zero-order valence-corrected chi connectivity index (χ0v) is 9.35. The predicted octanol–water partition coefficient (Wildman–Crippen LogP) is 1.65. The fourth-order valence-electron chi connectivity index (χ4n) is 2.22. The Kier molecular flexibility index (Phi) is 3.57. The Morgan fingerprint density at radius 1 is 1.56 bits per heavy atom. The molecule has 0 spiro atoms. The maximum absolute atomic E-state index is 11.3. The van der Waals surface area contributed by atoms with E-state index >= 15 is 0 Å². The molecule has 90 valence electrons. The maximum atomic E-state index is 11.3. The first kappa shape index (κ1) is 12.5. The summed E-state index contributed by atoms with van der Waals surface area (Å²) in [6.07, 6.45) is 1.82. The van der Waals surface area contributed by atoms with Crippen LogP contribution in [0.4, 0.5) is 4.79 Å². The lowest BCUT2D eigenvalue weighted by Crippen LogP contribution is -2.52. The molecule has 0 aromatic rings. The fourth-order valence-corrected chi connectivity index (χ4v) is 2.22.